The molecule has 180 valence electrons. The van der Waals surface area contributed by atoms with Crippen molar-refractivity contribution in [2.45, 2.75) is 18.4 Å². The second-order valence-electron chi connectivity index (χ2n) is 7.56. The minimum atomic E-state index is -1.59. The number of carboxylic acids is 1. The molecule has 0 spiro atoms. The molecule has 12 heteroatoms. The van der Waals surface area contributed by atoms with Crippen LogP contribution >= 0.6 is 0 Å². The fourth-order valence-corrected chi connectivity index (χ4v) is 3.83. The van der Waals surface area contributed by atoms with Crippen molar-refractivity contribution in [2.75, 3.05) is 19.0 Å². The number of carboxylic acid groups (broad SMARTS) is 1. The summed E-state index contributed by atoms with van der Waals surface area (Å²) >= 11 is 0. The Kier molecular flexibility index (Phi) is 6.71. The van der Waals surface area contributed by atoms with Gasteiger partial charge in [-0.2, -0.15) is 0 Å². The van der Waals surface area contributed by atoms with E-state index in [4.69, 9.17) is 4.74 Å². The summed E-state index contributed by atoms with van der Waals surface area (Å²) in [4.78, 5) is 47.6. The van der Waals surface area contributed by atoms with E-state index >= 15 is 0 Å². The SMILES string of the molecule is COC(=O)C[C@H](NC(=O)c1nonc1NC(=O)OCC1c2ccccc2-c2ccccc21)C(=O)O. The maximum absolute atomic E-state index is 12.5. The third-order valence-corrected chi connectivity index (χ3v) is 5.47. The number of aromatic nitrogens is 2. The number of methoxy groups -OCH3 is 1. The molecule has 0 saturated carbocycles. The van der Waals surface area contributed by atoms with Gasteiger partial charge < -0.3 is 19.9 Å². The predicted molar refractivity (Wildman–Crippen MR) is 119 cm³/mol. The first-order valence-corrected chi connectivity index (χ1v) is 10.4. The summed E-state index contributed by atoms with van der Waals surface area (Å²) in [6.45, 7) is 0.0207. The van der Waals surface area contributed by atoms with E-state index in [1.807, 2.05) is 48.5 Å². The Morgan fingerprint density at radius 2 is 1.66 bits per heavy atom. The number of nitrogens with one attached hydrogen (secondary N) is 2. The molecule has 0 radical (unpaired) electrons. The second kappa shape index (κ2) is 10.0. The van der Waals surface area contributed by atoms with E-state index in [1.54, 1.807) is 0 Å². The summed E-state index contributed by atoms with van der Waals surface area (Å²) in [6.07, 6.45) is -1.53. The monoisotopic (exact) mass is 480 g/mol. The van der Waals surface area contributed by atoms with Gasteiger partial charge in [0.25, 0.3) is 5.91 Å². The average Bonchev–Trinajstić information content (AvgIpc) is 3.44. The molecule has 12 nitrogen and oxygen atoms in total. The normalized spacial score (nSPS) is 12.7. The number of rotatable bonds is 8. The van der Waals surface area contributed by atoms with Gasteiger partial charge in [0.1, 0.15) is 12.6 Å². The highest BCUT2D eigenvalue weighted by Crippen LogP contribution is 2.44. The van der Waals surface area contributed by atoms with Crippen LogP contribution in [-0.2, 0) is 19.1 Å². The molecule has 2 aromatic carbocycles. The molecule has 3 N–H and O–H groups in total. The van der Waals surface area contributed by atoms with Crippen molar-refractivity contribution in [3.63, 3.8) is 0 Å². The molecule has 0 unspecified atom stereocenters. The number of amides is 2. The molecule has 0 fully saturated rings. The number of ether oxygens (including phenoxy) is 2. The highest BCUT2D eigenvalue weighted by molar-refractivity contribution is 6.01. The number of anilines is 1. The smallest absolute Gasteiger partial charge is 0.412 e. The lowest BCUT2D eigenvalue weighted by atomic mass is 9.98. The maximum atomic E-state index is 12.5. The van der Waals surface area contributed by atoms with Gasteiger partial charge >= 0.3 is 18.0 Å². The Morgan fingerprint density at radius 3 is 2.26 bits per heavy atom. The summed E-state index contributed by atoms with van der Waals surface area (Å²) < 4.78 is 14.3. The summed E-state index contributed by atoms with van der Waals surface area (Å²) in [6, 6.07) is 14.1. The number of carbonyl (C=O) groups is 4. The first kappa shape index (κ1) is 23.4. The fourth-order valence-electron chi connectivity index (χ4n) is 3.83. The van der Waals surface area contributed by atoms with Crippen molar-refractivity contribution in [2.24, 2.45) is 0 Å². The van der Waals surface area contributed by atoms with Gasteiger partial charge in [-0.05, 0) is 32.6 Å². The molecule has 1 aliphatic carbocycles. The highest BCUT2D eigenvalue weighted by atomic mass is 16.6. The van der Waals surface area contributed by atoms with Gasteiger partial charge in [0.2, 0.25) is 11.5 Å². The van der Waals surface area contributed by atoms with Gasteiger partial charge in [0.15, 0.2) is 0 Å². The second-order valence-corrected chi connectivity index (χ2v) is 7.56. The molecular formula is C23H20N4O8. The van der Waals surface area contributed by atoms with E-state index in [-0.39, 0.29) is 18.3 Å². The number of benzene rings is 2. The van der Waals surface area contributed by atoms with Crippen LogP contribution in [0.5, 0.6) is 0 Å². The first-order chi connectivity index (χ1) is 16.9. The lowest BCUT2D eigenvalue weighted by Gasteiger charge is -2.14. The minimum Gasteiger partial charge on any atom is -0.480 e. The minimum absolute atomic E-state index is 0.0207. The van der Waals surface area contributed by atoms with Gasteiger partial charge in [-0.25, -0.2) is 14.2 Å². The number of aliphatic carboxylic acids is 1. The number of carbonyl (C=O) groups excluding carboxylic acids is 3. The van der Waals surface area contributed by atoms with Crippen molar-refractivity contribution >= 4 is 29.8 Å². The summed E-state index contributed by atoms with van der Waals surface area (Å²) in [7, 11) is 1.08. The van der Waals surface area contributed by atoms with E-state index in [2.05, 4.69) is 30.3 Å². The fraction of sp³-hybridized carbons (Fsp3) is 0.217. The summed E-state index contributed by atoms with van der Waals surface area (Å²) in [5.74, 6) is -3.89. The first-order valence-electron chi connectivity index (χ1n) is 10.4. The van der Waals surface area contributed by atoms with Gasteiger partial charge in [0.05, 0.1) is 13.5 Å². The Labute approximate surface area is 198 Å². The number of hydrogen-bond acceptors (Lipinski definition) is 9. The third kappa shape index (κ3) is 4.95. The van der Waals surface area contributed by atoms with Crippen molar-refractivity contribution in [1.29, 1.82) is 0 Å². The molecule has 0 saturated heterocycles. The molecule has 1 atom stereocenters. The van der Waals surface area contributed by atoms with Crippen LogP contribution in [0.2, 0.25) is 0 Å². The van der Waals surface area contributed by atoms with Crippen molar-refractivity contribution in [3.8, 4) is 11.1 Å². The van der Waals surface area contributed by atoms with Gasteiger partial charge in [-0.3, -0.25) is 14.9 Å². The number of esters is 1. The quantitative estimate of drug-likeness (QED) is 0.406. The molecule has 4 rings (SSSR count). The number of nitrogens with zero attached hydrogens (tertiary/aromatic N) is 2. The highest BCUT2D eigenvalue weighted by Gasteiger charge is 2.30. The summed E-state index contributed by atoms with van der Waals surface area (Å²) in [5.41, 5.74) is 3.69. The molecular weight excluding hydrogens is 460 g/mol. The van der Waals surface area contributed by atoms with Crippen LogP contribution in [0.25, 0.3) is 11.1 Å². The molecule has 0 bridgehead atoms. The lowest BCUT2D eigenvalue weighted by Crippen LogP contribution is -2.42. The zero-order valence-corrected chi connectivity index (χ0v) is 18.4. The van der Waals surface area contributed by atoms with E-state index in [0.717, 1.165) is 29.4 Å². The molecule has 0 aliphatic heterocycles. The van der Waals surface area contributed by atoms with Crippen molar-refractivity contribution in [1.82, 2.24) is 15.6 Å². The number of fused-ring (bicyclic) bond motifs is 3. The molecule has 1 aliphatic rings. The Bertz CT molecular complexity index is 1240. The Morgan fingerprint density at radius 1 is 1.03 bits per heavy atom. The van der Waals surface area contributed by atoms with E-state index in [9.17, 15) is 24.3 Å². The maximum Gasteiger partial charge on any atom is 0.412 e. The lowest BCUT2D eigenvalue weighted by molar-refractivity contribution is -0.147. The van der Waals surface area contributed by atoms with Crippen LogP contribution in [0.4, 0.5) is 10.6 Å². The van der Waals surface area contributed by atoms with Gasteiger partial charge in [-0.15, -0.1) is 0 Å². The van der Waals surface area contributed by atoms with Crippen LogP contribution in [0.15, 0.2) is 53.2 Å². The van der Waals surface area contributed by atoms with E-state index < -0.39 is 42.1 Å². The molecule has 1 aromatic heterocycles. The van der Waals surface area contributed by atoms with Crippen LogP contribution < -0.4 is 10.6 Å². The van der Waals surface area contributed by atoms with Gasteiger partial charge in [0, 0.05) is 5.92 Å². The molecule has 3 aromatic rings. The Balaban J connectivity index is 1.41. The topological polar surface area (TPSA) is 170 Å². The standard InChI is InChI=1S/C23H20N4O8/c1-33-18(28)10-17(22(30)31)24-21(29)19-20(27-35-26-19)25-23(32)34-11-16-14-8-4-2-6-12(14)13-7-3-5-9-15(13)16/h2-9,16-17H,10-11H2,1H3,(H,24,29)(H,30,31)(H,25,27,32)/t17-/m0/s1. The summed E-state index contributed by atoms with van der Waals surface area (Å²) in [5, 5.41) is 20.5. The van der Waals surface area contributed by atoms with E-state index in [0.29, 0.717) is 0 Å². The van der Waals surface area contributed by atoms with Crippen LogP contribution in [0.3, 0.4) is 0 Å². The molecule has 2 amide bonds. The van der Waals surface area contributed by atoms with Crippen molar-refractivity contribution < 1.29 is 38.4 Å². The predicted octanol–water partition coefficient (Wildman–Crippen LogP) is 2.18. The van der Waals surface area contributed by atoms with Crippen LogP contribution in [-0.4, -0.2) is 59.1 Å². The molecule has 35 heavy (non-hydrogen) atoms. The zero-order chi connectivity index (χ0) is 24.9. The van der Waals surface area contributed by atoms with Crippen LogP contribution in [0.1, 0.15) is 34.0 Å². The largest absolute Gasteiger partial charge is 0.480 e. The van der Waals surface area contributed by atoms with Crippen LogP contribution in [0, 0.1) is 0 Å². The third-order valence-electron chi connectivity index (χ3n) is 5.47. The average molecular weight is 480 g/mol. The number of hydrogen-bond donors (Lipinski definition) is 3. The zero-order valence-electron chi connectivity index (χ0n) is 18.4. The van der Waals surface area contributed by atoms with Crippen molar-refractivity contribution in [3.05, 3.63) is 65.4 Å². The van der Waals surface area contributed by atoms with E-state index in [1.165, 1.54) is 0 Å². The Hall–Kier alpha value is -4.74. The molecule has 1 heterocycles. The van der Waals surface area contributed by atoms with Gasteiger partial charge in [-0.1, -0.05) is 48.5 Å².